The highest BCUT2D eigenvalue weighted by Crippen LogP contribution is 2.50. The number of aldehydes is 1. The molecule has 2 atom stereocenters. The smallest absolute Gasteiger partial charge is 0.125 e. The molecule has 0 unspecified atom stereocenters. The van der Waals surface area contributed by atoms with Crippen LogP contribution in [0.5, 0.6) is 0 Å². The normalized spacial score (nSPS) is 14.4. The summed E-state index contributed by atoms with van der Waals surface area (Å²) in [6.45, 7) is 6.18. The van der Waals surface area contributed by atoms with Crippen molar-refractivity contribution in [1.82, 2.24) is 0 Å². The largest absolute Gasteiger partial charge is 0.369 e. The molecule has 3 heteroatoms. The fourth-order valence-corrected chi connectivity index (χ4v) is 5.69. The highest BCUT2D eigenvalue weighted by atomic mass is 31.1. The zero-order valence-corrected chi connectivity index (χ0v) is 14.8. The average Bonchev–Trinajstić information content (AvgIpc) is 2.89. The minimum atomic E-state index is -0.502. The van der Waals surface area contributed by atoms with Crippen molar-refractivity contribution in [2.24, 2.45) is 11.8 Å². The Morgan fingerprint density at radius 3 is 1.96 bits per heavy atom. The van der Waals surface area contributed by atoms with Crippen molar-refractivity contribution in [3.63, 3.8) is 0 Å². The van der Waals surface area contributed by atoms with Crippen LogP contribution in [0, 0.1) is 11.8 Å². The highest BCUT2D eigenvalue weighted by Gasteiger charge is 2.22. The molecule has 0 aliphatic carbocycles. The molecule has 0 radical (unpaired) electrons. The number of benzene rings is 2. The van der Waals surface area contributed by atoms with Crippen LogP contribution in [-0.4, -0.2) is 12.4 Å². The van der Waals surface area contributed by atoms with Gasteiger partial charge in [0.05, 0.1) is 12.5 Å². The second kappa shape index (κ2) is 6.86. The lowest BCUT2D eigenvalue weighted by molar-refractivity contribution is -0.116. The number of hydrogen-bond acceptors (Lipinski definition) is 2. The number of ether oxygens (including phenoxy) is 1. The van der Waals surface area contributed by atoms with Crippen LogP contribution in [0.4, 0.5) is 0 Å². The van der Waals surface area contributed by atoms with Crippen LogP contribution in [0.3, 0.4) is 0 Å². The Kier molecular flexibility index (Phi) is 4.84. The molecule has 3 aromatic rings. The minimum Gasteiger partial charge on any atom is -0.369 e. The van der Waals surface area contributed by atoms with Crippen LogP contribution in [-0.2, 0) is 15.9 Å². The standard InChI is InChI=1S/C20H23O2P/c1-14(2)20(15(3)12-21)22-13-23-18-10-6-4-8-16(18)17-9-5-7-11-19(17)23/h4-12,14-15,20H,13H2,1-3H3/t15-,20+/m0/s1. The molecule has 3 rings (SSSR count). The first-order chi connectivity index (χ1) is 11.1. The van der Waals surface area contributed by atoms with E-state index in [1.807, 2.05) is 6.92 Å². The molecule has 120 valence electrons. The molecule has 1 aromatic heterocycles. The predicted octanol–water partition coefficient (Wildman–Crippen LogP) is 5.81. The second-order valence-electron chi connectivity index (χ2n) is 6.46. The molecule has 0 N–H and O–H groups in total. The Morgan fingerprint density at radius 2 is 1.48 bits per heavy atom. The van der Waals surface area contributed by atoms with Gasteiger partial charge in [-0.3, -0.25) is 0 Å². The maximum atomic E-state index is 11.2. The van der Waals surface area contributed by atoms with Crippen molar-refractivity contribution in [2.45, 2.75) is 33.2 Å². The molecular weight excluding hydrogens is 303 g/mol. The first-order valence-electron chi connectivity index (χ1n) is 8.16. The van der Waals surface area contributed by atoms with E-state index in [4.69, 9.17) is 4.74 Å². The summed E-state index contributed by atoms with van der Waals surface area (Å²) in [5.74, 6) is 0.261. The number of fused-ring (bicyclic) bond motifs is 3. The maximum Gasteiger partial charge on any atom is 0.125 e. The van der Waals surface area contributed by atoms with Crippen LogP contribution >= 0.6 is 7.53 Å². The molecule has 2 nitrogen and oxygen atoms in total. The van der Waals surface area contributed by atoms with E-state index in [0.717, 1.165) is 6.29 Å². The molecule has 0 saturated carbocycles. The predicted molar refractivity (Wildman–Crippen MR) is 99.1 cm³/mol. The molecule has 0 spiro atoms. The van der Waals surface area contributed by atoms with Crippen molar-refractivity contribution in [3.8, 4) is 0 Å². The summed E-state index contributed by atoms with van der Waals surface area (Å²) < 4.78 is 6.25. The molecule has 23 heavy (non-hydrogen) atoms. The lowest BCUT2D eigenvalue weighted by Gasteiger charge is -2.24. The van der Waals surface area contributed by atoms with E-state index in [-0.39, 0.29) is 12.0 Å². The Balaban J connectivity index is 2.00. The van der Waals surface area contributed by atoms with E-state index in [1.165, 1.54) is 21.0 Å². The minimum absolute atomic E-state index is 0.0186. The summed E-state index contributed by atoms with van der Waals surface area (Å²) >= 11 is 0. The topological polar surface area (TPSA) is 26.3 Å². The lowest BCUT2D eigenvalue weighted by atomic mass is 9.96. The van der Waals surface area contributed by atoms with Crippen LogP contribution < -0.4 is 0 Å². The third-order valence-corrected chi connectivity index (χ3v) is 6.82. The zero-order chi connectivity index (χ0) is 16.4. The van der Waals surface area contributed by atoms with E-state index in [1.54, 1.807) is 0 Å². The second-order valence-corrected chi connectivity index (χ2v) is 8.54. The molecule has 0 bridgehead atoms. The van der Waals surface area contributed by atoms with Gasteiger partial charge in [-0.1, -0.05) is 76.8 Å². The van der Waals surface area contributed by atoms with Crippen LogP contribution in [0.1, 0.15) is 20.8 Å². The highest BCUT2D eigenvalue weighted by molar-refractivity contribution is 7.60. The van der Waals surface area contributed by atoms with Crippen LogP contribution in [0.2, 0.25) is 0 Å². The van der Waals surface area contributed by atoms with Gasteiger partial charge >= 0.3 is 0 Å². The van der Waals surface area contributed by atoms with Gasteiger partial charge in [0.1, 0.15) is 6.29 Å². The van der Waals surface area contributed by atoms with Crippen molar-refractivity contribution in [2.75, 3.05) is 0 Å². The average molecular weight is 326 g/mol. The number of carbonyl (C=O) groups excluding carboxylic acids is 1. The number of rotatable bonds is 6. The van der Waals surface area contributed by atoms with Gasteiger partial charge in [-0.2, -0.15) is 0 Å². The van der Waals surface area contributed by atoms with E-state index in [0.29, 0.717) is 12.3 Å². The van der Waals surface area contributed by atoms with E-state index >= 15 is 0 Å². The van der Waals surface area contributed by atoms with E-state index in [2.05, 4.69) is 62.4 Å². The molecule has 0 aliphatic heterocycles. The Hall–Kier alpha value is -1.63. The summed E-state index contributed by atoms with van der Waals surface area (Å²) in [5.41, 5.74) is 0. The van der Waals surface area contributed by atoms with Gasteiger partial charge < -0.3 is 9.53 Å². The van der Waals surface area contributed by atoms with Crippen molar-refractivity contribution >= 4 is 34.8 Å². The molecule has 0 fully saturated rings. The quantitative estimate of drug-likeness (QED) is 0.534. The van der Waals surface area contributed by atoms with Gasteiger partial charge in [-0.15, -0.1) is 0 Å². The van der Waals surface area contributed by atoms with E-state index < -0.39 is 7.53 Å². The van der Waals surface area contributed by atoms with Gasteiger partial charge in [0.15, 0.2) is 0 Å². The third-order valence-electron chi connectivity index (χ3n) is 4.47. The Labute approximate surface area is 138 Å². The molecule has 2 aromatic carbocycles. The SMILES string of the molecule is CC(C)[C@@H](OCp1c2ccccc2c2ccccc21)[C@@H](C)C=O. The monoisotopic (exact) mass is 326 g/mol. The summed E-state index contributed by atoms with van der Waals surface area (Å²) in [5, 5.41) is 5.46. The molecule has 0 aliphatic rings. The van der Waals surface area contributed by atoms with Crippen molar-refractivity contribution in [3.05, 3.63) is 48.5 Å². The molecule has 0 amide bonds. The summed E-state index contributed by atoms with van der Waals surface area (Å²) in [6.07, 6.45) is 1.67. The van der Waals surface area contributed by atoms with E-state index in [9.17, 15) is 4.79 Å². The molecular formula is C20H23O2P. The number of carbonyl (C=O) groups is 1. The van der Waals surface area contributed by atoms with Crippen molar-refractivity contribution < 1.29 is 9.53 Å². The lowest BCUT2D eigenvalue weighted by Crippen LogP contribution is -2.27. The maximum absolute atomic E-state index is 11.2. The molecule has 1 heterocycles. The first kappa shape index (κ1) is 16.2. The van der Waals surface area contributed by atoms with Gasteiger partial charge in [-0.05, 0) is 16.7 Å². The van der Waals surface area contributed by atoms with Crippen molar-refractivity contribution in [1.29, 1.82) is 0 Å². The first-order valence-corrected chi connectivity index (χ1v) is 9.69. The summed E-state index contributed by atoms with van der Waals surface area (Å²) in [4.78, 5) is 11.2. The summed E-state index contributed by atoms with van der Waals surface area (Å²) in [7, 11) is -0.502. The van der Waals surface area contributed by atoms with Gasteiger partial charge in [0, 0.05) is 16.2 Å². The van der Waals surface area contributed by atoms with Gasteiger partial charge in [-0.25, -0.2) is 0 Å². The fourth-order valence-electron chi connectivity index (χ4n) is 3.33. The van der Waals surface area contributed by atoms with Gasteiger partial charge in [0.2, 0.25) is 0 Å². The third kappa shape index (κ3) is 3.06. The fraction of sp³-hybridized carbons (Fsp3) is 0.350. The van der Waals surface area contributed by atoms with Crippen LogP contribution in [0.15, 0.2) is 48.5 Å². The Bertz CT molecular complexity index is 765. The molecule has 0 saturated heterocycles. The zero-order valence-electron chi connectivity index (χ0n) is 13.9. The summed E-state index contributed by atoms with van der Waals surface area (Å²) in [6, 6.07) is 17.2. The number of hydrogen-bond donors (Lipinski definition) is 0. The van der Waals surface area contributed by atoms with Gasteiger partial charge in [0.25, 0.3) is 0 Å². The van der Waals surface area contributed by atoms with Crippen LogP contribution in [0.25, 0.3) is 21.0 Å². The Morgan fingerprint density at radius 1 is 0.957 bits per heavy atom.